The Kier molecular flexibility index (Phi) is 4.23. The third-order valence-corrected chi connectivity index (χ3v) is 4.39. The molecule has 0 N–H and O–H groups in total. The van der Waals surface area contributed by atoms with Crippen molar-refractivity contribution in [2.75, 3.05) is 20.2 Å². The maximum absolute atomic E-state index is 12.6. The Morgan fingerprint density at radius 3 is 2.39 bits per heavy atom. The number of carbonyl (C=O) groups is 1. The number of hydrogen-bond donors (Lipinski definition) is 0. The van der Waals surface area contributed by atoms with E-state index >= 15 is 0 Å². The molecule has 0 aromatic rings. The van der Waals surface area contributed by atoms with Gasteiger partial charge < -0.3 is 9.64 Å². The fourth-order valence-corrected chi connectivity index (χ4v) is 3.13. The summed E-state index contributed by atoms with van der Waals surface area (Å²) in [6.45, 7) is 1.47. The number of hydrogen-bond acceptors (Lipinski definition) is 3. The van der Waals surface area contributed by atoms with E-state index in [4.69, 9.17) is 4.74 Å². The minimum absolute atomic E-state index is 0.0688. The van der Waals surface area contributed by atoms with E-state index in [1.54, 1.807) is 7.11 Å². The molecule has 1 aliphatic heterocycles. The van der Waals surface area contributed by atoms with Gasteiger partial charge in [0.2, 0.25) is 5.91 Å². The number of ether oxygens (including phenoxy) is 1. The van der Waals surface area contributed by atoms with Gasteiger partial charge in [-0.1, -0.05) is 19.3 Å². The minimum Gasteiger partial charge on any atom is -0.381 e. The summed E-state index contributed by atoms with van der Waals surface area (Å²) in [6.07, 6.45) is 6.72. The molecule has 18 heavy (non-hydrogen) atoms. The highest BCUT2D eigenvalue weighted by Gasteiger charge is 2.43. The van der Waals surface area contributed by atoms with Crippen molar-refractivity contribution in [3.63, 3.8) is 0 Å². The lowest BCUT2D eigenvalue weighted by Crippen LogP contribution is -2.48. The zero-order valence-electron chi connectivity index (χ0n) is 11.2. The van der Waals surface area contributed by atoms with Gasteiger partial charge in [0.1, 0.15) is 5.41 Å². The topological polar surface area (TPSA) is 53.3 Å². The van der Waals surface area contributed by atoms with Crippen LogP contribution in [0.5, 0.6) is 0 Å². The van der Waals surface area contributed by atoms with Crippen molar-refractivity contribution in [3.8, 4) is 6.07 Å². The zero-order chi connectivity index (χ0) is 13.0. The number of amides is 1. The number of methoxy groups -OCH3 is 1. The monoisotopic (exact) mass is 250 g/mol. The van der Waals surface area contributed by atoms with Crippen LogP contribution in [0.3, 0.4) is 0 Å². The molecule has 2 fully saturated rings. The number of nitriles is 1. The third kappa shape index (κ3) is 2.51. The van der Waals surface area contributed by atoms with Gasteiger partial charge in [-0.15, -0.1) is 0 Å². The Balaban J connectivity index is 2.00. The van der Waals surface area contributed by atoms with Crippen LogP contribution in [0, 0.1) is 16.7 Å². The second kappa shape index (κ2) is 5.71. The van der Waals surface area contributed by atoms with E-state index in [-0.39, 0.29) is 12.0 Å². The van der Waals surface area contributed by atoms with E-state index < -0.39 is 5.41 Å². The molecule has 1 saturated heterocycles. The fraction of sp³-hybridized carbons (Fsp3) is 0.857. The number of piperidine rings is 1. The molecule has 1 amide bonds. The standard InChI is InChI=1S/C14H22N2O2/c1-18-12-5-9-16(10-6-12)13(17)14(11-15)7-3-2-4-8-14/h12H,2-10H2,1H3. The van der Waals surface area contributed by atoms with Crippen molar-refractivity contribution in [3.05, 3.63) is 0 Å². The van der Waals surface area contributed by atoms with Crippen molar-refractivity contribution < 1.29 is 9.53 Å². The lowest BCUT2D eigenvalue weighted by molar-refractivity contribution is -0.143. The summed E-state index contributed by atoms with van der Waals surface area (Å²) >= 11 is 0. The second-order valence-corrected chi connectivity index (χ2v) is 5.48. The molecule has 4 nitrogen and oxygen atoms in total. The van der Waals surface area contributed by atoms with Crippen LogP contribution in [0.15, 0.2) is 0 Å². The minimum atomic E-state index is -0.724. The van der Waals surface area contributed by atoms with Crippen LogP contribution in [0.2, 0.25) is 0 Å². The quantitative estimate of drug-likeness (QED) is 0.754. The van der Waals surface area contributed by atoms with E-state index in [0.29, 0.717) is 0 Å². The average Bonchev–Trinajstić information content (AvgIpc) is 2.47. The van der Waals surface area contributed by atoms with Gasteiger partial charge in [-0.05, 0) is 25.7 Å². The molecule has 4 heteroatoms. The molecule has 2 rings (SSSR count). The van der Waals surface area contributed by atoms with E-state index in [1.165, 1.54) is 0 Å². The molecule has 0 atom stereocenters. The molecule has 1 heterocycles. The highest BCUT2D eigenvalue weighted by molar-refractivity contribution is 5.85. The molecule has 2 aliphatic rings. The van der Waals surface area contributed by atoms with Crippen LogP contribution in [-0.4, -0.2) is 37.1 Å². The Morgan fingerprint density at radius 2 is 1.89 bits per heavy atom. The van der Waals surface area contributed by atoms with Crippen molar-refractivity contribution in [1.29, 1.82) is 5.26 Å². The summed E-state index contributed by atoms with van der Waals surface area (Å²) in [5.74, 6) is 0.0688. The van der Waals surface area contributed by atoms with Gasteiger partial charge in [-0.3, -0.25) is 4.79 Å². The Morgan fingerprint density at radius 1 is 1.28 bits per heavy atom. The van der Waals surface area contributed by atoms with Crippen LogP contribution in [0.25, 0.3) is 0 Å². The molecule has 0 radical (unpaired) electrons. The number of rotatable bonds is 2. The van der Waals surface area contributed by atoms with E-state index in [9.17, 15) is 10.1 Å². The molecular formula is C14H22N2O2. The highest BCUT2D eigenvalue weighted by atomic mass is 16.5. The Bertz CT molecular complexity index is 334. The van der Waals surface area contributed by atoms with Crippen LogP contribution in [-0.2, 0) is 9.53 Å². The van der Waals surface area contributed by atoms with E-state index in [2.05, 4.69) is 6.07 Å². The van der Waals surface area contributed by atoms with Crippen molar-refractivity contribution in [2.24, 2.45) is 5.41 Å². The lowest BCUT2D eigenvalue weighted by Gasteiger charge is -2.38. The summed E-state index contributed by atoms with van der Waals surface area (Å²) in [5, 5.41) is 9.42. The molecule has 0 bridgehead atoms. The SMILES string of the molecule is COC1CCN(C(=O)C2(C#N)CCCCC2)CC1. The second-order valence-electron chi connectivity index (χ2n) is 5.48. The number of carbonyl (C=O) groups excluding carboxylic acids is 1. The first kappa shape index (κ1) is 13.4. The molecule has 1 saturated carbocycles. The van der Waals surface area contributed by atoms with Gasteiger partial charge >= 0.3 is 0 Å². The van der Waals surface area contributed by atoms with Crippen LogP contribution < -0.4 is 0 Å². The molecule has 1 aliphatic carbocycles. The Hall–Kier alpha value is -1.08. The third-order valence-electron chi connectivity index (χ3n) is 4.39. The molecule has 0 spiro atoms. The van der Waals surface area contributed by atoms with Gasteiger partial charge in [0.25, 0.3) is 0 Å². The summed E-state index contributed by atoms with van der Waals surface area (Å²) in [6, 6.07) is 2.32. The van der Waals surface area contributed by atoms with Gasteiger partial charge in [0.15, 0.2) is 0 Å². The van der Waals surface area contributed by atoms with Crippen LogP contribution >= 0.6 is 0 Å². The lowest BCUT2D eigenvalue weighted by atomic mass is 9.74. The summed E-state index contributed by atoms with van der Waals surface area (Å²) < 4.78 is 5.31. The van der Waals surface area contributed by atoms with Crippen molar-refractivity contribution >= 4 is 5.91 Å². The maximum Gasteiger partial charge on any atom is 0.243 e. The molecular weight excluding hydrogens is 228 g/mol. The fourth-order valence-electron chi connectivity index (χ4n) is 3.13. The normalized spacial score (nSPS) is 24.6. The maximum atomic E-state index is 12.6. The average molecular weight is 250 g/mol. The van der Waals surface area contributed by atoms with Gasteiger partial charge in [-0.2, -0.15) is 5.26 Å². The summed E-state index contributed by atoms with van der Waals surface area (Å²) in [5.41, 5.74) is -0.724. The van der Waals surface area contributed by atoms with Crippen molar-refractivity contribution in [2.45, 2.75) is 51.0 Å². The van der Waals surface area contributed by atoms with E-state index in [0.717, 1.165) is 58.0 Å². The predicted octanol–water partition coefficient (Wildman–Crippen LogP) is 2.10. The number of nitrogens with zero attached hydrogens (tertiary/aromatic N) is 2. The first-order valence-corrected chi connectivity index (χ1v) is 6.95. The smallest absolute Gasteiger partial charge is 0.243 e. The van der Waals surface area contributed by atoms with Crippen LogP contribution in [0.1, 0.15) is 44.9 Å². The molecule has 0 unspecified atom stereocenters. The summed E-state index contributed by atoms with van der Waals surface area (Å²) in [4.78, 5) is 14.4. The van der Waals surface area contributed by atoms with Gasteiger partial charge in [0.05, 0.1) is 12.2 Å². The van der Waals surface area contributed by atoms with Crippen molar-refractivity contribution in [1.82, 2.24) is 4.90 Å². The Labute approximate surface area is 109 Å². The van der Waals surface area contributed by atoms with Gasteiger partial charge in [-0.25, -0.2) is 0 Å². The largest absolute Gasteiger partial charge is 0.381 e. The first-order valence-electron chi connectivity index (χ1n) is 6.95. The molecule has 0 aromatic carbocycles. The highest BCUT2D eigenvalue weighted by Crippen LogP contribution is 2.38. The van der Waals surface area contributed by atoms with Gasteiger partial charge in [0, 0.05) is 20.2 Å². The molecule has 0 aromatic heterocycles. The first-order chi connectivity index (χ1) is 8.72. The summed E-state index contributed by atoms with van der Waals surface area (Å²) in [7, 11) is 1.72. The molecule has 100 valence electrons. The van der Waals surface area contributed by atoms with E-state index in [1.807, 2.05) is 4.90 Å². The number of likely N-dealkylation sites (tertiary alicyclic amines) is 1. The predicted molar refractivity (Wildman–Crippen MR) is 67.7 cm³/mol. The zero-order valence-corrected chi connectivity index (χ0v) is 11.2. The van der Waals surface area contributed by atoms with Crippen LogP contribution in [0.4, 0.5) is 0 Å².